The number of benzene rings is 2. The first-order valence-corrected chi connectivity index (χ1v) is 9.26. The average molecular weight is 369 g/mol. The molecule has 0 aromatic heterocycles. The Bertz CT molecular complexity index is 835. The number of carbonyl (C=O) groups is 1. The number of ether oxygens (including phenoxy) is 4. The summed E-state index contributed by atoms with van der Waals surface area (Å²) >= 11 is 0. The average Bonchev–Trinajstić information content (AvgIpc) is 3.01. The van der Waals surface area contributed by atoms with Crippen LogP contribution in [0.2, 0.25) is 0 Å². The number of amides is 1. The van der Waals surface area contributed by atoms with Gasteiger partial charge in [-0.05, 0) is 48.7 Å². The molecular weight excluding hydrogens is 346 g/mol. The number of rotatable bonds is 5. The van der Waals surface area contributed by atoms with E-state index in [4.69, 9.17) is 18.9 Å². The first-order chi connectivity index (χ1) is 13.2. The number of aryl methyl sites for hydroxylation is 1. The lowest BCUT2D eigenvalue weighted by Gasteiger charge is -2.16. The van der Waals surface area contributed by atoms with Crippen molar-refractivity contribution in [2.24, 2.45) is 0 Å². The van der Waals surface area contributed by atoms with Crippen molar-refractivity contribution in [3.63, 3.8) is 0 Å². The second kappa shape index (κ2) is 7.78. The molecule has 2 heterocycles. The Hall–Kier alpha value is -2.89. The minimum atomic E-state index is -0.105. The van der Waals surface area contributed by atoms with Gasteiger partial charge in [0.15, 0.2) is 23.0 Å². The van der Waals surface area contributed by atoms with Crippen LogP contribution in [0, 0.1) is 0 Å². The predicted molar refractivity (Wildman–Crippen MR) is 99.5 cm³/mol. The topological polar surface area (TPSA) is 66.0 Å². The molecule has 1 atom stereocenters. The van der Waals surface area contributed by atoms with Crippen LogP contribution in [0.3, 0.4) is 0 Å². The number of carbonyl (C=O) groups excluding carboxylic acids is 1. The van der Waals surface area contributed by atoms with Gasteiger partial charge in [-0.3, -0.25) is 4.79 Å². The minimum absolute atomic E-state index is 0.00674. The Morgan fingerprint density at radius 1 is 0.963 bits per heavy atom. The molecule has 142 valence electrons. The molecule has 0 saturated carbocycles. The van der Waals surface area contributed by atoms with Crippen molar-refractivity contribution in [2.45, 2.75) is 32.2 Å². The monoisotopic (exact) mass is 369 g/mol. The fraction of sp³-hybridized carbons (Fsp3) is 0.381. The van der Waals surface area contributed by atoms with Gasteiger partial charge in [-0.1, -0.05) is 12.1 Å². The van der Waals surface area contributed by atoms with Crippen LogP contribution in [0.25, 0.3) is 0 Å². The largest absolute Gasteiger partial charge is 0.490 e. The first kappa shape index (κ1) is 17.5. The van der Waals surface area contributed by atoms with Gasteiger partial charge in [-0.25, -0.2) is 0 Å². The molecule has 0 spiro atoms. The van der Waals surface area contributed by atoms with Crippen LogP contribution >= 0.6 is 0 Å². The van der Waals surface area contributed by atoms with Crippen LogP contribution < -0.4 is 24.3 Å². The Labute approximate surface area is 158 Å². The molecule has 0 bridgehead atoms. The van der Waals surface area contributed by atoms with Gasteiger partial charge in [0, 0.05) is 12.8 Å². The van der Waals surface area contributed by atoms with Gasteiger partial charge >= 0.3 is 0 Å². The predicted octanol–water partition coefficient (Wildman–Crippen LogP) is 3.39. The van der Waals surface area contributed by atoms with E-state index in [0.29, 0.717) is 26.1 Å². The molecule has 0 aliphatic carbocycles. The SMILES string of the molecule is CC(NC(=O)CCc1ccc2c(c1)OCO2)c1ccc2c(c1)OCCCO2. The van der Waals surface area contributed by atoms with Gasteiger partial charge in [0.25, 0.3) is 0 Å². The lowest BCUT2D eigenvalue weighted by molar-refractivity contribution is -0.121. The number of hydrogen-bond acceptors (Lipinski definition) is 5. The van der Waals surface area contributed by atoms with Crippen LogP contribution in [-0.4, -0.2) is 25.9 Å². The molecule has 0 radical (unpaired) electrons. The Morgan fingerprint density at radius 3 is 2.56 bits per heavy atom. The van der Waals surface area contributed by atoms with E-state index in [1.54, 1.807) is 0 Å². The summed E-state index contributed by atoms with van der Waals surface area (Å²) in [6.07, 6.45) is 1.93. The fourth-order valence-corrected chi connectivity index (χ4v) is 3.20. The van der Waals surface area contributed by atoms with Crippen molar-refractivity contribution >= 4 is 5.91 Å². The number of nitrogens with one attached hydrogen (secondary N) is 1. The highest BCUT2D eigenvalue weighted by atomic mass is 16.7. The molecule has 0 fully saturated rings. The van der Waals surface area contributed by atoms with Crippen LogP contribution in [0.5, 0.6) is 23.0 Å². The van der Waals surface area contributed by atoms with Gasteiger partial charge in [0.05, 0.1) is 19.3 Å². The highest BCUT2D eigenvalue weighted by molar-refractivity contribution is 5.76. The third-order valence-corrected chi connectivity index (χ3v) is 4.73. The van der Waals surface area contributed by atoms with Gasteiger partial charge < -0.3 is 24.3 Å². The Balaban J connectivity index is 1.33. The molecule has 2 aliphatic rings. The second-order valence-corrected chi connectivity index (χ2v) is 6.73. The van der Waals surface area contributed by atoms with Crippen LogP contribution in [0.1, 0.15) is 36.9 Å². The molecule has 1 amide bonds. The Kier molecular flexibility index (Phi) is 5.05. The molecule has 2 aromatic carbocycles. The zero-order valence-corrected chi connectivity index (χ0v) is 15.3. The summed E-state index contributed by atoms with van der Waals surface area (Å²) in [6, 6.07) is 11.5. The summed E-state index contributed by atoms with van der Waals surface area (Å²) in [7, 11) is 0. The summed E-state index contributed by atoms with van der Waals surface area (Å²) in [4.78, 5) is 12.4. The van der Waals surface area contributed by atoms with Gasteiger partial charge in [-0.15, -0.1) is 0 Å². The van der Waals surface area contributed by atoms with E-state index in [1.807, 2.05) is 43.3 Å². The van der Waals surface area contributed by atoms with Crippen LogP contribution in [0.15, 0.2) is 36.4 Å². The lowest BCUT2D eigenvalue weighted by atomic mass is 10.1. The number of fused-ring (bicyclic) bond motifs is 2. The van der Waals surface area contributed by atoms with E-state index >= 15 is 0 Å². The summed E-state index contributed by atoms with van der Waals surface area (Å²) < 4.78 is 22.1. The molecule has 6 heteroatoms. The van der Waals surface area contributed by atoms with E-state index < -0.39 is 0 Å². The van der Waals surface area contributed by atoms with Crippen LogP contribution in [0.4, 0.5) is 0 Å². The van der Waals surface area contributed by atoms with E-state index in [0.717, 1.165) is 40.5 Å². The van der Waals surface area contributed by atoms with Crippen molar-refractivity contribution in [1.29, 1.82) is 0 Å². The highest BCUT2D eigenvalue weighted by Gasteiger charge is 2.16. The van der Waals surface area contributed by atoms with Crippen molar-refractivity contribution in [2.75, 3.05) is 20.0 Å². The smallest absolute Gasteiger partial charge is 0.231 e. The maximum Gasteiger partial charge on any atom is 0.231 e. The van der Waals surface area contributed by atoms with E-state index in [2.05, 4.69) is 5.32 Å². The third-order valence-electron chi connectivity index (χ3n) is 4.73. The third kappa shape index (κ3) is 4.10. The quantitative estimate of drug-likeness (QED) is 0.875. The van der Waals surface area contributed by atoms with E-state index in [1.165, 1.54) is 0 Å². The highest BCUT2D eigenvalue weighted by Crippen LogP contribution is 2.33. The zero-order chi connectivity index (χ0) is 18.6. The van der Waals surface area contributed by atoms with Gasteiger partial charge in [-0.2, -0.15) is 0 Å². The van der Waals surface area contributed by atoms with Gasteiger partial charge in [0.2, 0.25) is 12.7 Å². The van der Waals surface area contributed by atoms with E-state index in [9.17, 15) is 4.79 Å². The summed E-state index contributed by atoms with van der Waals surface area (Å²) in [5.74, 6) is 3.01. The molecule has 6 nitrogen and oxygen atoms in total. The molecule has 27 heavy (non-hydrogen) atoms. The molecule has 0 saturated heterocycles. The van der Waals surface area contributed by atoms with Crippen LogP contribution in [-0.2, 0) is 11.2 Å². The normalized spacial score (nSPS) is 15.7. The molecule has 2 aromatic rings. The van der Waals surface area contributed by atoms with Crippen molar-refractivity contribution in [1.82, 2.24) is 5.32 Å². The fourth-order valence-electron chi connectivity index (χ4n) is 3.20. The lowest BCUT2D eigenvalue weighted by Crippen LogP contribution is -2.26. The molecule has 4 rings (SSSR count). The maximum absolute atomic E-state index is 12.4. The van der Waals surface area contributed by atoms with Crippen molar-refractivity contribution in [3.05, 3.63) is 47.5 Å². The van der Waals surface area contributed by atoms with E-state index in [-0.39, 0.29) is 18.7 Å². The molecular formula is C21H23NO5. The first-order valence-electron chi connectivity index (χ1n) is 9.26. The zero-order valence-electron chi connectivity index (χ0n) is 15.3. The molecule has 1 unspecified atom stereocenters. The minimum Gasteiger partial charge on any atom is -0.490 e. The molecule has 1 N–H and O–H groups in total. The van der Waals surface area contributed by atoms with Gasteiger partial charge in [0.1, 0.15) is 0 Å². The Morgan fingerprint density at radius 2 is 1.67 bits per heavy atom. The summed E-state index contributed by atoms with van der Waals surface area (Å²) in [5.41, 5.74) is 2.05. The number of hydrogen-bond donors (Lipinski definition) is 1. The van der Waals surface area contributed by atoms with Crippen molar-refractivity contribution in [3.8, 4) is 23.0 Å². The summed E-state index contributed by atoms with van der Waals surface area (Å²) in [5, 5.41) is 3.05. The second-order valence-electron chi connectivity index (χ2n) is 6.73. The summed E-state index contributed by atoms with van der Waals surface area (Å²) in [6.45, 7) is 3.54. The molecule has 2 aliphatic heterocycles. The standard InChI is InChI=1S/C21H23NO5/c1-14(16-5-7-17-20(12-16)25-10-2-9-24-17)22-21(23)8-4-15-3-6-18-19(11-15)27-13-26-18/h3,5-7,11-12,14H,2,4,8-10,13H2,1H3,(H,22,23). The van der Waals surface area contributed by atoms with Crippen molar-refractivity contribution < 1.29 is 23.7 Å². The maximum atomic E-state index is 12.4.